The van der Waals surface area contributed by atoms with Gasteiger partial charge in [0, 0.05) is 12.6 Å². The number of anilines is 2. The number of hydrogen-bond acceptors (Lipinski definition) is 6. The third kappa shape index (κ3) is 3.05. The molecule has 1 aromatic rings. The van der Waals surface area contributed by atoms with Crippen LogP contribution in [0, 0.1) is 11.8 Å². The van der Waals surface area contributed by atoms with E-state index in [1.807, 2.05) is 6.92 Å². The molecule has 0 saturated heterocycles. The predicted octanol–water partition coefficient (Wildman–Crippen LogP) is 1.91. The minimum Gasteiger partial charge on any atom is -0.467 e. The first-order valence-corrected chi connectivity index (χ1v) is 7.10. The molecule has 0 radical (unpaired) electrons. The Morgan fingerprint density at radius 3 is 2.26 bits per heavy atom. The van der Waals surface area contributed by atoms with E-state index in [1.54, 1.807) is 7.11 Å². The van der Waals surface area contributed by atoms with Gasteiger partial charge in [-0.2, -0.15) is 15.0 Å². The zero-order chi connectivity index (χ0) is 13.2. The Morgan fingerprint density at radius 2 is 1.74 bits per heavy atom. The molecular formula is C13H21N5O. The molecule has 2 aliphatic carbocycles. The number of ether oxygens (including phenoxy) is 1. The van der Waals surface area contributed by atoms with Crippen molar-refractivity contribution in [3.63, 3.8) is 0 Å². The van der Waals surface area contributed by atoms with Crippen LogP contribution in [0.25, 0.3) is 0 Å². The topological polar surface area (TPSA) is 72.0 Å². The summed E-state index contributed by atoms with van der Waals surface area (Å²) in [6, 6.07) is 0.889. The molecule has 6 nitrogen and oxygen atoms in total. The number of rotatable bonds is 7. The van der Waals surface area contributed by atoms with Gasteiger partial charge in [0.25, 0.3) is 0 Å². The van der Waals surface area contributed by atoms with Gasteiger partial charge in [-0.3, -0.25) is 0 Å². The molecule has 1 heterocycles. The van der Waals surface area contributed by atoms with Gasteiger partial charge in [-0.1, -0.05) is 0 Å². The second-order valence-corrected chi connectivity index (χ2v) is 5.34. The van der Waals surface area contributed by atoms with E-state index < -0.39 is 0 Å². The molecule has 6 heteroatoms. The van der Waals surface area contributed by atoms with Gasteiger partial charge in [-0.15, -0.1) is 0 Å². The highest BCUT2D eigenvalue weighted by Gasteiger charge is 2.41. The molecule has 0 aromatic carbocycles. The van der Waals surface area contributed by atoms with Crippen LogP contribution in [-0.2, 0) is 0 Å². The van der Waals surface area contributed by atoms with Crippen LogP contribution in [0.15, 0.2) is 0 Å². The SMILES string of the molecule is CCNc1nc(NC(C2CC2)C2CC2)nc(OC)n1. The van der Waals surface area contributed by atoms with Gasteiger partial charge >= 0.3 is 6.01 Å². The first-order chi connectivity index (χ1) is 9.30. The van der Waals surface area contributed by atoms with Crippen LogP contribution in [0.3, 0.4) is 0 Å². The van der Waals surface area contributed by atoms with Gasteiger partial charge < -0.3 is 15.4 Å². The Morgan fingerprint density at radius 1 is 1.11 bits per heavy atom. The van der Waals surface area contributed by atoms with Crippen LogP contribution >= 0.6 is 0 Å². The van der Waals surface area contributed by atoms with Crippen molar-refractivity contribution in [1.29, 1.82) is 0 Å². The number of hydrogen-bond donors (Lipinski definition) is 2. The molecule has 3 rings (SSSR count). The monoisotopic (exact) mass is 263 g/mol. The van der Waals surface area contributed by atoms with E-state index in [0.29, 0.717) is 23.9 Å². The lowest BCUT2D eigenvalue weighted by Crippen LogP contribution is -2.26. The van der Waals surface area contributed by atoms with Crippen molar-refractivity contribution < 1.29 is 4.74 Å². The summed E-state index contributed by atoms with van der Waals surface area (Å²) < 4.78 is 5.13. The molecule has 2 fully saturated rings. The summed E-state index contributed by atoms with van der Waals surface area (Å²) in [5.74, 6) is 2.81. The Labute approximate surface area is 113 Å². The maximum Gasteiger partial charge on any atom is 0.322 e. The zero-order valence-electron chi connectivity index (χ0n) is 11.5. The molecule has 0 amide bonds. The number of nitrogens with one attached hydrogen (secondary N) is 2. The van der Waals surface area contributed by atoms with Gasteiger partial charge in [0.1, 0.15) is 0 Å². The Hall–Kier alpha value is -1.59. The molecule has 0 aliphatic heterocycles. The summed E-state index contributed by atoms with van der Waals surface area (Å²) in [4.78, 5) is 12.9. The molecule has 0 bridgehead atoms. The third-order valence-electron chi connectivity index (χ3n) is 3.69. The van der Waals surface area contributed by atoms with Crippen molar-refractivity contribution in [3.05, 3.63) is 0 Å². The predicted molar refractivity (Wildman–Crippen MR) is 73.4 cm³/mol. The standard InChI is InChI=1S/C13H21N5O/c1-3-14-11-16-12(18-13(17-11)19-2)15-10(8-4-5-8)9-6-7-9/h8-10H,3-7H2,1-2H3,(H2,14,15,16,17,18). The van der Waals surface area contributed by atoms with Gasteiger partial charge in [0.2, 0.25) is 11.9 Å². The second kappa shape index (κ2) is 5.19. The molecule has 2 N–H and O–H groups in total. The normalized spacial score (nSPS) is 18.5. The maximum atomic E-state index is 5.13. The summed E-state index contributed by atoms with van der Waals surface area (Å²) in [7, 11) is 1.58. The van der Waals surface area contributed by atoms with Crippen molar-refractivity contribution >= 4 is 11.9 Å². The summed E-state index contributed by atoms with van der Waals surface area (Å²) in [5.41, 5.74) is 0. The van der Waals surface area contributed by atoms with E-state index in [-0.39, 0.29) is 0 Å². The highest BCUT2D eigenvalue weighted by atomic mass is 16.5. The Kier molecular flexibility index (Phi) is 3.40. The summed E-state index contributed by atoms with van der Waals surface area (Å²) in [6.07, 6.45) is 5.32. The van der Waals surface area contributed by atoms with Gasteiger partial charge in [-0.05, 0) is 44.4 Å². The summed E-state index contributed by atoms with van der Waals surface area (Å²) in [5, 5.41) is 6.60. The van der Waals surface area contributed by atoms with Crippen molar-refractivity contribution in [2.75, 3.05) is 24.3 Å². The third-order valence-corrected chi connectivity index (χ3v) is 3.69. The van der Waals surface area contributed by atoms with Crippen LogP contribution in [0.4, 0.5) is 11.9 Å². The van der Waals surface area contributed by atoms with E-state index >= 15 is 0 Å². The first-order valence-electron chi connectivity index (χ1n) is 7.10. The fourth-order valence-electron chi connectivity index (χ4n) is 2.43. The van der Waals surface area contributed by atoms with E-state index in [0.717, 1.165) is 18.4 Å². The number of aromatic nitrogens is 3. The number of methoxy groups -OCH3 is 1. The van der Waals surface area contributed by atoms with Gasteiger partial charge in [0.15, 0.2) is 0 Å². The zero-order valence-corrected chi connectivity index (χ0v) is 11.5. The Bertz CT molecular complexity index is 433. The number of nitrogens with zero attached hydrogens (tertiary/aromatic N) is 3. The van der Waals surface area contributed by atoms with Crippen molar-refractivity contribution in [3.8, 4) is 6.01 Å². The lowest BCUT2D eigenvalue weighted by molar-refractivity contribution is 0.379. The van der Waals surface area contributed by atoms with Crippen LogP contribution in [0.5, 0.6) is 6.01 Å². The molecule has 2 aliphatic rings. The van der Waals surface area contributed by atoms with E-state index in [1.165, 1.54) is 25.7 Å². The Balaban J connectivity index is 1.75. The largest absolute Gasteiger partial charge is 0.467 e. The maximum absolute atomic E-state index is 5.13. The molecule has 2 saturated carbocycles. The lowest BCUT2D eigenvalue weighted by atomic mass is 10.1. The van der Waals surface area contributed by atoms with Crippen molar-refractivity contribution in [2.45, 2.75) is 38.6 Å². The quantitative estimate of drug-likeness (QED) is 0.783. The van der Waals surface area contributed by atoms with Crippen LogP contribution in [0.2, 0.25) is 0 Å². The first kappa shape index (κ1) is 12.4. The minimum atomic E-state index is 0.360. The lowest BCUT2D eigenvalue weighted by Gasteiger charge is -2.18. The van der Waals surface area contributed by atoms with E-state index in [4.69, 9.17) is 4.74 Å². The minimum absolute atomic E-state index is 0.360. The highest BCUT2D eigenvalue weighted by molar-refractivity contribution is 5.37. The van der Waals surface area contributed by atoms with Crippen LogP contribution in [-0.4, -0.2) is 34.6 Å². The van der Waals surface area contributed by atoms with E-state index in [9.17, 15) is 0 Å². The molecule has 0 atom stereocenters. The fraction of sp³-hybridized carbons (Fsp3) is 0.769. The van der Waals surface area contributed by atoms with Gasteiger partial charge in [0.05, 0.1) is 7.11 Å². The fourth-order valence-corrected chi connectivity index (χ4v) is 2.43. The summed E-state index contributed by atoms with van der Waals surface area (Å²) in [6.45, 7) is 2.79. The molecule has 0 unspecified atom stereocenters. The van der Waals surface area contributed by atoms with Gasteiger partial charge in [-0.25, -0.2) is 0 Å². The van der Waals surface area contributed by atoms with Crippen molar-refractivity contribution in [1.82, 2.24) is 15.0 Å². The highest BCUT2D eigenvalue weighted by Crippen LogP contribution is 2.45. The average molecular weight is 263 g/mol. The van der Waals surface area contributed by atoms with Crippen molar-refractivity contribution in [2.24, 2.45) is 11.8 Å². The van der Waals surface area contributed by atoms with Crippen LogP contribution in [0.1, 0.15) is 32.6 Å². The van der Waals surface area contributed by atoms with Crippen LogP contribution < -0.4 is 15.4 Å². The molecule has 0 spiro atoms. The molecule has 104 valence electrons. The summed E-state index contributed by atoms with van der Waals surface area (Å²) >= 11 is 0. The molecule has 19 heavy (non-hydrogen) atoms. The second-order valence-electron chi connectivity index (χ2n) is 5.34. The molecular weight excluding hydrogens is 242 g/mol. The molecule has 1 aromatic heterocycles. The smallest absolute Gasteiger partial charge is 0.322 e. The van der Waals surface area contributed by atoms with E-state index in [2.05, 4.69) is 25.6 Å². The average Bonchev–Trinajstić information content (AvgIpc) is 3.29.